The van der Waals surface area contributed by atoms with Crippen LogP contribution in [-0.2, 0) is 6.54 Å². The summed E-state index contributed by atoms with van der Waals surface area (Å²) in [5, 5.41) is 8.44. The summed E-state index contributed by atoms with van der Waals surface area (Å²) in [6, 6.07) is 8.46. The van der Waals surface area contributed by atoms with E-state index in [1.54, 1.807) is 6.33 Å². The smallest absolute Gasteiger partial charge is 0.141 e. The van der Waals surface area contributed by atoms with Gasteiger partial charge in [0.05, 0.1) is 6.54 Å². The zero-order valence-electron chi connectivity index (χ0n) is 11.5. The Morgan fingerprint density at radius 1 is 1.21 bits per heavy atom. The van der Waals surface area contributed by atoms with Crippen molar-refractivity contribution >= 4 is 11.6 Å². The third kappa shape index (κ3) is 3.55. The molecular formula is C14H19ClN4. The Hall–Kier alpha value is -1.39. The molecule has 1 N–H and O–H groups in total. The van der Waals surface area contributed by atoms with E-state index >= 15 is 0 Å². The molecule has 1 heterocycles. The molecule has 0 aliphatic rings. The highest BCUT2D eigenvalue weighted by molar-refractivity contribution is 6.30. The van der Waals surface area contributed by atoms with Crippen LogP contribution < -0.4 is 5.32 Å². The van der Waals surface area contributed by atoms with Gasteiger partial charge in [0.1, 0.15) is 12.2 Å². The predicted octanol–water partition coefficient (Wildman–Crippen LogP) is 3.36. The lowest BCUT2D eigenvalue weighted by molar-refractivity contribution is 0.473. The number of nitrogens with one attached hydrogen (secondary N) is 1. The SMILES string of the molecule is CC(NCc1ncnn1C(C)C)c1ccc(Cl)cc1. The van der Waals surface area contributed by atoms with Gasteiger partial charge in [-0.1, -0.05) is 23.7 Å². The van der Waals surface area contributed by atoms with Crippen LogP contribution in [-0.4, -0.2) is 14.8 Å². The maximum Gasteiger partial charge on any atom is 0.141 e. The lowest BCUT2D eigenvalue weighted by Crippen LogP contribution is -2.21. The normalized spacial score (nSPS) is 12.9. The van der Waals surface area contributed by atoms with E-state index in [2.05, 4.69) is 36.2 Å². The molecule has 0 radical (unpaired) electrons. The molecule has 0 spiro atoms. The van der Waals surface area contributed by atoms with Crippen molar-refractivity contribution in [2.75, 3.05) is 0 Å². The quantitative estimate of drug-likeness (QED) is 0.912. The van der Waals surface area contributed by atoms with Crippen LogP contribution in [0.25, 0.3) is 0 Å². The van der Waals surface area contributed by atoms with Crippen LogP contribution in [0.3, 0.4) is 0 Å². The molecule has 0 amide bonds. The van der Waals surface area contributed by atoms with Gasteiger partial charge in [-0.15, -0.1) is 0 Å². The molecule has 1 atom stereocenters. The third-order valence-electron chi connectivity index (χ3n) is 3.07. The first-order valence-electron chi connectivity index (χ1n) is 6.45. The van der Waals surface area contributed by atoms with E-state index in [1.165, 1.54) is 5.56 Å². The van der Waals surface area contributed by atoms with Crippen molar-refractivity contribution in [2.45, 2.75) is 39.4 Å². The van der Waals surface area contributed by atoms with E-state index in [-0.39, 0.29) is 6.04 Å². The Balaban J connectivity index is 1.98. The van der Waals surface area contributed by atoms with E-state index in [9.17, 15) is 0 Å². The van der Waals surface area contributed by atoms with Gasteiger partial charge in [0.25, 0.3) is 0 Å². The van der Waals surface area contributed by atoms with Crippen molar-refractivity contribution < 1.29 is 0 Å². The minimum absolute atomic E-state index is 0.245. The number of benzene rings is 1. The average Bonchev–Trinajstić information content (AvgIpc) is 2.85. The second-order valence-corrected chi connectivity index (χ2v) is 5.31. The molecule has 5 heteroatoms. The number of halogens is 1. The largest absolute Gasteiger partial charge is 0.303 e. The minimum atomic E-state index is 0.245. The predicted molar refractivity (Wildman–Crippen MR) is 77.1 cm³/mol. The summed E-state index contributed by atoms with van der Waals surface area (Å²) in [6.07, 6.45) is 1.60. The third-order valence-corrected chi connectivity index (χ3v) is 3.32. The molecule has 0 bridgehead atoms. The highest BCUT2D eigenvalue weighted by Crippen LogP contribution is 2.16. The summed E-state index contributed by atoms with van der Waals surface area (Å²) < 4.78 is 1.93. The molecule has 0 saturated heterocycles. The van der Waals surface area contributed by atoms with Crippen molar-refractivity contribution in [3.63, 3.8) is 0 Å². The summed E-state index contributed by atoms with van der Waals surface area (Å²) in [6.45, 7) is 7.02. The molecule has 1 aromatic carbocycles. The van der Waals surface area contributed by atoms with E-state index in [4.69, 9.17) is 11.6 Å². The maximum absolute atomic E-state index is 5.89. The van der Waals surface area contributed by atoms with Gasteiger partial charge in [-0.3, -0.25) is 0 Å². The molecular weight excluding hydrogens is 260 g/mol. The summed E-state index contributed by atoms with van der Waals surface area (Å²) in [5.41, 5.74) is 1.21. The topological polar surface area (TPSA) is 42.7 Å². The van der Waals surface area contributed by atoms with Crippen molar-refractivity contribution in [1.82, 2.24) is 20.1 Å². The fourth-order valence-corrected chi connectivity index (χ4v) is 2.07. The van der Waals surface area contributed by atoms with Crippen molar-refractivity contribution in [3.05, 3.63) is 47.0 Å². The van der Waals surface area contributed by atoms with Gasteiger partial charge in [-0.2, -0.15) is 5.10 Å². The van der Waals surface area contributed by atoms with Gasteiger partial charge in [0, 0.05) is 17.1 Å². The highest BCUT2D eigenvalue weighted by Gasteiger charge is 2.10. The molecule has 0 fully saturated rings. The fourth-order valence-electron chi connectivity index (χ4n) is 1.95. The second-order valence-electron chi connectivity index (χ2n) is 4.87. The van der Waals surface area contributed by atoms with Gasteiger partial charge in [-0.25, -0.2) is 9.67 Å². The molecule has 102 valence electrons. The fraction of sp³-hybridized carbons (Fsp3) is 0.429. The number of aromatic nitrogens is 3. The second kappa shape index (κ2) is 6.17. The summed E-state index contributed by atoms with van der Waals surface area (Å²) in [5.74, 6) is 0.954. The van der Waals surface area contributed by atoms with Crippen molar-refractivity contribution in [2.24, 2.45) is 0 Å². The first-order valence-corrected chi connectivity index (χ1v) is 6.83. The molecule has 2 rings (SSSR count). The van der Waals surface area contributed by atoms with Crippen LogP contribution in [0.15, 0.2) is 30.6 Å². The molecule has 0 aliphatic carbocycles. The Morgan fingerprint density at radius 3 is 2.53 bits per heavy atom. The molecule has 2 aromatic rings. The Bertz CT molecular complexity index is 518. The van der Waals surface area contributed by atoms with Crippen LogP contribution in [0, 0.1) is 0 Å². The summed E-state index contributed by atoms with van der Waals surface area (Å²) >= 11 is 5.89. The average molecular weight is 279 g/mol. The first-order chi connectivity index (χ1) is 9.08. The van der Waals surface area contributed by atoms with E-state index in [1.807, 2.05) is 28.9 Å². The van der Waals surface area contributed by atoms with Crippen LogP contribution >= 0.6 is 11.6 Å². The van der Waals surface area contributed by atoms with Crippen LogP contribution in [0.4, 0.5) is 0 Å². The standard InChI is InChI=1S/C14H19ClN4/c1-10(2)19-14(17-9-18-19)8-16-11(3)12-4-6-13(15)7-5-12/h4-7,9-11,16H,8H2,1-3H3. The van der Waals surface area contributed by atoms with Gasteiger partial charge >= 0.3 is 0 Å². The number of rotatable bonds is 5. The maximum atomic E-state index is 5.89. The van der Waals surface area contributed by atoms with Crippen molar-refractivity contribution in [3.8, 4) is 0 Å². The van der Waals surface area contributed by atoms with Crippen LogP contribution in [0.5, 0.6) is 0 Å². The summed E-state index contributed by atoms with van der Waals surface area (Å²) in [7, 11) is 0. The number of nitrogens with zero attached hydrogens (tertiary/aromatic N) is 3. The Morgan fingerprint density at radius 2 is 1.89 bits per heavy atom. The van der Waals surface area contributed by atoms with Crippen molar-refractivity contribution in [1.29, 1.82) is 0 Å². The van der Waals surface area contributed by atoms with Gasteiger partial charge in [0.15, 0.2) is 0 Å². The minimum Gasteiger partial charge on any atom is -0.303 e. The highest BCUT2D eigenvalue weighted by atomic mass is 35.5. The van der Waals surface area contributed by atoms with E-state index in [0.717, 1.165) is 10.8 Å². The Labute approximate surface area is 118 Å². The first kappa shape index (κ1) is 14.0. The zero-order chi connectivity index (χ0) is 13.8. The van der Waals surface area contributed by atoms with Gasteiger partial charge in [-0.05, 0) is 38.5 Å². The number of hydrogen-bond donors (Lipinski definition) is 1. The number of hydrogen-bond acceptors (Lipinski definition) is 3. The van der Waals surface area contributed by atoms with Crippen LogP contribution in [0.2, 0.25) is 5.02 Å². The lowest BCUT2D eigenvalue weighted by atomic mass is 10.1. The van der Waals surface area contributed by atoms with E-state index < -0.39 is 0 Å². The van der Waals surface area contributed by atoms with Gasteiger partial charge in [0.2, 0.25) is 0 Å². The van der Waals surface area contributed by atoms with E-state index in [0.29, 0.717) is 12.6 Å². The molecule has 0 saturated carbocycles. The van der Waals surface area contributed by atoms with Crippen LogP contribution in [0.1, 0.15) is 44.2 Å². The molecule has 4 nitrogen and oxygen atoms in total. The monoisotopic (exact) mass is 278 g/mol. The Kier molecular flexibility index (Phi) is 4.56. The lowest BCUT2D eigenvalue weighted by Gasteiger charge is -2.15. The van der Waals surface area contributed by atoms with Gasteiger partial charge < -0.3 is 5.32 Å². The molecule has 0 aliphatic heterocycles. The zero-order valence-corrected chi connectivity index (χ0v) is 12.2. The molecule has 1 aromatic heterocycles. The molecule has 1 unspecified atom stereocenters. The summed E-state index contributed by atoms with van der Waals surface area (Å²) in [4.78, 5) is 4.29. The molecule has 19 heavy (non-hydrogen) atoms.